The van der Waals surface area contributed by atoms with Crippen LogP contribution in [0.4, 0.5) is 5.69 Å². The Kier molecular flexibility index (Phi) is 8.49. The van der Waals surface area contributed by atoms with Crippen molar-refractivity contribution >= 4 is 17.5 Å². The van der Waals surface area contributed by atoms with Crippen molar-refractivity contribution < 1.29 is 19.1 Å². The van der Waals surface area contributed by atoms with E-state index in [0.717, 1.165) is 12.0 Å². The van der Waals surface area contributed by atoms with Gasteiger partial charge in [0, 0.05) is 13.7 Å². The SMILES string of the molecule is CCC(C)c1ccccc1OCC(=O)Nc1ccccc1C(=O)NCCOC. The molecule has 6 heteroatoms. The lowest BCUT2D eigenvalue weighted by atomic mass is 9.98. The van der Waals surface area contributed by atoms with Crippen LogP contribution in [0, 0.1) is 0 Å². The zero-order valence-corrected chi connectivity index (χ0v) is 16.7. The minimum absolute atomic E-state index is 0.132. The summed E-state index contributed by atoms with van der Waals surface area (Å²) in [5.74, 6) is 0.459. The molecule has 0 saturated carbocycles. The Morgan fingerprint density at radius 2 is 1.79 bits per heavy atom. The Bertz CT molecular complexity index is 792. The van der Waals surface area contributed by atoms with Gasteiger partial charge >= 0.3 is 0 Å². The number of hydrogen-bond acceptors (Lipinski definition) is 4. The van der Waals surface area contributed by atoms with Crippen molar-refractivity contribution in [1.29, 1.82) is 0 Å². The number of benzene rings is 2. The fourth-order valence-corrected chi connectivity index (χ4v) is 2.72. The van der Waals surface area contributed by atoms with Gasteiger partial charge in [-0.2, -0.15) is 0 Å². The first-order valence-electron chi connectivity index (χ1n) is 9.44. The molecular formula is C22H28N2O4. The highest BCUT2D eigenvalue weighted by molar-refractivity contribution is 6.04. The van der Waals surface area contributed by atoms with Crippen molar-refractivity contribution in [3.05, 3.63) is 59.7 Å². The maximum Gasteiger partial charge on any atom is 0.262 e. The number of nitrogens with one attached hydrogen (secondary N) is 2. The first-order valence-corrected chi connectivity index (χ1v) is 9.44. The normalized spacial score (nSPS) is 11.5. The number of carbonyl (C=O) groups excluding carboxylic acids is 2. The molecule has 0 bridgehead atoms. The van der Waals surface area contributed by atoms with E-state index >= 15 is 0 Å². The second kappa shape index (κ2) is 11.1. The average molecular weight is 384 g/mol. The molecule has 150 valence electrons. The van der Waals surface area contributed by atoms with Crippen LogP contribution >= 0.6 is 0 Å². The van der Waals surface area contributed by atoms with Gasteiger partial charge in [-0.25, -0.2) is 0 Å². The monoisotopic (exact) mass is 384 g/mol. The van der Waals surface area contributed by atoms with E-state index in [9.17, 15) is 9.59 Å². The maximum atomic E-state index is 12.4. The average Bonchev–Trinajstić information content (AvgIpc) is 2.72. The summed E-state index contributed by atoms with van der Waals surface area (Å²) in [5, 5.41) is 5.51. The summed E-state index contributed by atoms with van der Waals surface area (Å²) < 4.78 is 10.7. The summed E-state index contributed by atoms with van der Waals surface area (Å²) in [4.78, 5) is 24.7. The van der Waals surface area contributed by atoms with Gasteiger partial charge < -0.3 is 20.1 Å². The van der Waals surface area contributed by atoms with Gasteiger partial charge in [0.1, 0.15) is 5.75 Å². The van der Waals surface area contributed by atoms with Gasteiger partial charge in [0.05, 0.1) is 17.9 Å². The number of hydrogen-bond donors (Lipinski definition) is 2. The van der Waals surface area contributed by atoms with E-state index in [1.807, 2.05) is 24.3 Å². The Labute approximate surface area is 166 Å². The quantitative estimate of drug-likeness (QED) is 0.614. The molecule has 1 unspecified atom stereocenters. The topological polar surface area (TPSA) is 76.7 Å². The third-order valence-corrected chi connectivity index (χ3v) is 4.46. The van der Waals surface area contributed by atoms with Crippen molar-refractivity contribution in [2.75, 3.05) is 32.2 Å². The van der Waals surface area contributed by atoms with Crippen LogP contribution in [0.2, 0.25) is 0 Å². The second-order valence-corrected chi connectivity index (χ2v) is 6.48. The number of ether oxygens (including phenoxy) is 2. The lowest BCUT2D eigenvalue weighted by Crippen LogP contribution is -2.29. The van der Waals surface area contributed by atoms with Gasteiger partial charge in [0.25, 0.3) is 11.8 Å². The predicted molar refractivity (Wildman–Crippen MR) is 110 cm³/mol. The van der Waals surface area contributed by atoms with Crippen LogP contribution in [0.5, 0.6) is 5.75 Å². The third-order valence-electron chi connectivity index (χ3n) is 4.46. The number of methoxy groups -OCH3 is 1. The molecule has 2 rings (SSSR count). The largest absolute Gasteiger partial charge is 0.483 e. The van der Waals surface area contributed by atoms with E-state index in [-0.39, 0.29) is 18.4 Å². The van der Waals surface area contributed by atoms with Crippen LogP contribution in [-0.4, -0.2) is 38.7 Å². The van der Waals surface area contributed by atoms with E-state index < -0.39 is 0 Å². The molecule has 2 amide bonds. The molecule has 1 atom stereocenters. The molecule has 0 fully saturated rings. The molecule has 0 aliphatic heterocycles. The van der Waals surface area contributed by atoms with Gasteiger partial charge in [0.2, 0.25) is 0 Å². The number of carbonyl (C=O) groups is 2. The van der Waals surface area contributed by atoms with E-state index in [4.69, 9.17) is 9.47 Å². The fraction of sp³-hybridized carbons (Fsp3) is 0.364. The summed E-state index contributed by atoms with van der Waals surface area (Å²) >= 11 is 0. The third kappa shape index (κ3) is 6.09. The standard InChI is InChI=1S/C22H28N2O4/c1-4-16(2)17-9-6-8-12-20(17)28-15-21(25)24-19-11-7-5-10-18(19)22(26)23-13-14-27-3/h5-12,16H,4,13-15H2,1-3H3,(H,23,26)(H,24,25). The van der Waals surface area contributed by atoms with E-state index in [1.165, 1.54) is 0 Å². The number of para-hydroxylation sites is 2. The summed E-state index contributed by atoms with van der Waals surface area (Å²) in [6.07, 6.45) is 0.984. The molecule has 0 spiro atoms. The Morgan fingerprint density at radius 1 is 1.07 bits per heavy atom. The van der Waals surface area contributed by atoms with Gasteiger partial charge in [-0.15, -0.1) is 0 Å². The summed E-state index contributed by atoms with van der Waals surface area (Å²) in [6, 6.07) is 14.6. The molecule has 6 nitrogen and oxygen atoms in total. The molecule has 0 radical (unpaired) electrons. The minimum atomic E-state index is -0.323. The molecule has 0 heterocycles. The zero-order chi connectivity index (χ0) is 20.4. The molecule has 2 N–H and O–H groups in total. The van der Waals surface area contributed by atoms with E-state index in [2.05, 4.69) is 24.5 Å². The predicted octanol–water partition coefficient (Wildman–Crippen LogP) is 3.59. The first-order chi connectivity index (χ1) is 13.6. The van der Waals surface area contributed by atoms with Gasteiger partial charge in [-0.3, -0.25) is 9.59 Å². The van der Waals surface area contributed by atoms with E-state index in [0.29, 0.717) is 36.1 Å². The van der Waals surface area contributed by atoms with Crippen LogP contribution < -0.4 is 15.4 Å². The van der Waals surface area contributed by atoms with Crippen LogP contribution in [0.25, 0.3) is 0 Å². The minimum Gasteiger partial charge on any atom is -0.483 e. The summed E-state index contributed by atoms with van der Waals surface area (Å²) in [7, 11) is 1.57. The Hall–Kier alpha value is -2.86. The van der Waals surface area contributed by atoms with Crippen molar-refractivity contribution in [3.63, 3.8) is 0 Å². The van der Waals surface area contributed by atoms with Crippen LogP contribution in [0.15, 0.2) is 48.5 Å². The maximum absolute atomic E-state index is 12.4. The van der Waals surface area contributed by atoms with Crippen molar-refractivity contribution in [2.24, 2.45) is 0 Å². The molecule has 2 aromatic carbocycles. The van der Waals surface area contributed by atoms with Crippen molar-refractivity contribution in [3.8, 4) is 5.75 Å². The number of anilines is 1. The molecule has 0 aromatic heterocycles. The van der Waals surface area contributed by atoms with Gasteiger partial charge in [-0.05, 0) is 36.1 Å². The lowest BCUT2D eigenvalue weighted by molar-refractivity contribution is -0.118. The van der Waals surface area contributed by atoms with Crippen molar-refractivity contribution in [1.82, 2.24) is 5.32 Å². The van der Waals surface area contributed by atoms with Crippen LogP contribution in [0.1, 0.15) is 42.1 Å². The van der Waals surface area contributed by atoms with Crippen molar-refractivity contribution in [2.45, 2.75) is 26.2 Å². The lowest BCUT2D eigenvalue weighted by Gasteiger charge is -2.16. The van der Waals surface area contributed by atoms with Crippen LogP contribution in [0.3, 0.4) is 0 Å². The number of rotatable bonds is 10. The fourth-order valence-electron chi connectivity index (χ4n) is 2.72. The number of amides is 2. The molecule has 2 aromatic rings. The van der Waals surface area contributed by atoms with E-state index in [1.54, 1.807) is 31.4 Å². The second-order valence-electron chi connectivity index (χ2n) is 6.48. The molecule has 28 heavy (non-hydrogen) atoms. The zero-order valence-electron chi connectivity index (χ0n) is 16.7. The summed E-state index contributed by atoms with van der Waals surface area (Å²) in [6.45, 7) is 4.92. The molecule has 0 saturated heterocycles. The molecular weight excluding hydrogens is 356 g/mol. The first kappa shape index (κ1) is 21.4. The molecule has 0 aliphatic rings. The highest BCUT2D eigenvalue weighted by Crippen LogP contribution is 2.28. The smallest absolute Gasteiger partial charge is 0.262 e. The van der Waals surface area contributed by atoms with Gasteiger partial charge in [0.15, 0.2) is 6.61 Å². The van der Waals surface area contributed by atoms with Crippen LogP contribution in [-0.2, 0) is 9.53 Å². The molecule has 0 aliphatic carbocycles. The Balaban J connectivity index is 2.00. The summed E-state index contributed by atoms with van der Waals surface area (Å²) in [5.41, 5.74) is 1.92. The van der Waals surface area contributed by atoms with Gasteiger partial charge in [-0.1, -0.05) is 44.2 Å². The highest BCUT2D eigenvalue weighted by Gasteiger charge is 2.14. The Morgan fingerprint density at radius 3 is 2.54 bits per heavy atom. The highest BCUT2D eigenvalue weighted by atomic mass is 16.5.